The maximum Gasteiger partial charge on any atom is 0.255 e. The van der Waals surface area contributed by atoms with Crippen molar-refractivity contribution in [3.8, 4) is 0 Å². The molecule has 0 aliphatic carbocycles. The van der Waals surface area contributed by atoms with Crippen LogP contribution in [0.15, 0.2) is 18.2 Å². The Bertz CT molecular complexity index is 447. The minimum absolute atomic E-state index is 0.00838. The fraction of sp³-hybridized carbons (Fsp3) is 0.500. The second-order valence-electron chi connectivity index (χ2n) is 4.68. The maximum atomic E-state index is 12.5. The van der Waals surface area contributed by atoms with E-state index in [1.165, 1.54) is 6.42 Å². The predicted octanol–water partition coefficient (Wildman–Crippen LogP) is 4.40. The molecular formula is C14H17Cl2NO. The van der Waals surface area contributed by atoms with Crippen molar-refractivity contribution in [2.24, 2.45) is 0 Å². The van der Waals surface area contributed by atoms with Gasteiger partial charge in [-0.1, -0.05) is 30.1 Å². The average molecular weight is 286 g/mol. The van der Waals surface area contributed by atoms with Crippen LogP contribution >= 0.6 is 23.2 Å². The first-order chi connectivity index (χ1) is 8.63. The van der Waals surface area contributed by atoms with Gasteiger partial charge in [0.25, 0.3) is 5.91 Å². The highest BCUT2D eigenvalue weighted by Gasteiger charge is 2.27. The summed E-state index contributed by atoms with van der Waals surface area (Å²) in [7, 11) is 0. The Labute approximate surface area is 118 Å². The van der Waals surface area contributed by atoms with Gasteiger partial charge in [0.15, 0.2) is 0 Å². The number of benzene rings is 1. The van der Waals surface area contributed by atoms with Crippen molar-refractivity contribution in [3.05, 3.63) is 33.8 Å². The largest absolute Gasteiger partial charge is 0.336 e. The molecule has 1 aliphatic rings. The number of likely N-dealkylation sites (tertiary alicyclic amines) is 1. The quantitative estimate of drug-likeness (QED) is 0.789. The van der Waals surface area contributed by atoms with Crippen molar-refractivity contribution < 1.29 is 4.79 Å². The molecule has 0 aromatic heterocycles. The molecule has 1 aliphatic heterocycles. The molecule has 0 unspecified atom stereocenters. The molecule has 2 rings (SSSR count). The van der Waals surface area contributed by atoms with Gasteiger partial charge in [-0.25, -0.2) is 0 Å². The minimum Gasteiger partial charge on any atom is -0.336 e. The molecule has 0 saturated carbocycles. The van der Waals surface area contributed by atoms with E-state index in [1.54, 1.807) is 18.2 Å². The lowest BCUT2D eigenvalue weighted by Crippen LogP contribution is -2.43. The molecule has 4 heteroatoms. The molecule has 1 atom stereocenters. The van der Waals surface area contributed by atoms with Crippen LogP contribution in [0.2, 0.25) is 10.0 Å². The molecule has 2 nitrogen and oxygen atoms in total. The lowest BCUT2D eigenvalue weighted by Gasteiger charge is -2.35. The summed E-state index contributed by atoms with van der Waals surface area (Å²) in [5.74, 6) is 0.00838. The van der Waals surface area contributed by atoms with E-state index in [4.69, 9.17) is 23.2 Å². The Morgan fingerprint density at radius 3 is 2.89 bits per heavy atom. The lowest BCUT2D eigenvalue weighted by atomic mass is 9.99. The third kappa shape index (κ3) is 2.81. The molecule has 1 fully saturated rings. The fourth-order valence-electron chi connectivity index (χ4n) is 2.51. The van der Waals surface area contributed by atoms with Gasteiger partial charge in [-0.05, 0) is 43.9 Å². The van der Waals surface area contributed by atoms with Gasteiger partial charge in [0.05, 0.1) is 10.6 Å². The monoisotopic (exact) mass is 285 g/mol. The van der Waals surface area contributed by atoms with Gasteiger partial charge in [0.2, 0.25) is 0 Å². The highest BCUT2D eigenvalue weighted by Crippen LogP contribution is 2.26. The molecule has 1 amide bonds. The van der Waals surface area contributed by atoms with E-state index >= 15 is 0 Å². The number of hydrogen-bond donors (Lipinski definition) is 0. The first-order valence-corrected chi connectivity index (χ1v) is 7.15. The Kier molecular flexibility index (Phi) is 4.52. The van der Waals surface area contributed by atoms with Gasteiger partial charge >= 0.3 is 0 Å². The van der Waals surface area contributed by atoms with E-state index in [0.29, 0.717) is 21.7 Å². The smallest absolute Gasteiger partial charge is 0.255 e. The summed E-state index contributed by atoms with van der Waals surface area (Å²) in [4.78, 5) is 14.5. The molecule has 98 valence electrons. The molecule has 0 bridgehead atoms. The molecule has 0 N–H and O–H groups in total. The summed E-state index contributed by atoms with van der Waals surface area (Å²) in [6, 6.07) is 5.38. The highest BCUT2D eigenvalue weighted by molar-refractivity contribution is 6.35. The van der Waals surface area contributed by atoms with Crippen molar-refractivity contribution in [2.75, 3.05) is 6.54 Å². The Hall–Kier alpha value is -0.730. The summed E-state index contributed by atoms with van der Waals surface area (Å²) in [6.07, 6.45) is 4.34. The van der Waals surface area contributed by atoms with E-state index in [2.05, 4.69) is 6.92 Å². The third-order valence-corrected chi connectivity index (χ3v) is 4.08. The highest BCUT2D eigenvalue weighted by atomic mass is 35.5. The summed E-state index contributed by atoms with van der Waals surface area (Å²) < 4.78 is 0. The van der Waals surface area contributed by atoms with Crippen LogP contribution in [0, 0.1) is 0 Å². The number of hydrogen-bond acceptors (Lipinski definition) is 1. The van der Waals surface area contributed by atoms with Crippen molar-refractivity contribution in [3.63, 3.8) is 0 Å². The Morgan fingerprint density at radius 1 is 1.39 bits per heavy atom. The van der Waals surface area contributed by atoms with Crippen LogP contribution in [-0.2, 0) is 0 Å². The topological polar surface area (TPSA) is 20.3 Å². The van der Waals surface area contributed by atoms with Crippen LogP contribution in [0.3, 0.4) is 0 Å². The van der Waals surface area contributed by atoms with E-state index in [9.17, 15) is 4.79 Å². The van der Waals surface area contributed by atoms with Crippen molar-refractivity contribution in [1.82, 2.24) is 4.90 Å². The van der Waals surface area contributed by atoms with Crippen molar-refractivity contribution >= 4 is 29.1 Å². The van der Waals surface area contributed by atoms with Crippen LogP contribution in [0.4, 0.5) is 0 Å². The van der Waals surface area contributed by atoms with E-state index in [1.807, 2.05) is 4.90 Å². The molecule has 1 aromatic carbocycles. The third-order valence-electron chi connectivity index (χ3n) is 3.52. The molecule has 0 radical (unpaired) electrons. The SMILES string of the molecule is CC[C@@H]1CCCCN1C(=O)c1cc(Cl)ccc1Cl. The number of amides is 1. The normalized spacial score (nSPS) is 19.9. The van der Waals surface area contributed by atoms with Gasteiger partial charge in [-0.3, -0.25) is 4.79 Å². The number of carbonyl (C=O) groups is 1. The van der Waals surface area contributed by atoms with Crippen molar-refractivity contribution in [2.45, 2.75) is 38.6 Å². The summed E-state index contributed by atoms with van der Waals surface area (Å²) in [5.41, 5.74) is 0.518. The van der Waals surface area contributed by atoms with E-state index < -0.39 is 0 Å². The van der Waals surface area contributed by atoms with Crippen LogP contribution in [0.1, 0.15) is 43.0 Å². The van der Waals surface area contributed by atoms with Gasteiger partial charge in [0, 0.05) is 17.6 Å². The molecule has 1 heterocycles. The number of halogens is 2. The maximum absolute atomic E-state index is 12.5. The minimum atomic E-state index is 0.00838. The summed E-state index contributed by atoms with van der Waals surface area (Å²) in [6.45, 7) is 2.94. The van der Waals surface area contributed by atoms with Gasteiger partial charge in [-0.2, -0.15) is 0 Å². The van der Waals surface area contributed by atoms with Gasteiger partial charge in [0.1, 0.15) is 0 Å². The van der Waals surface area contributed by atoms with Crippen LogP contribution < -0.4 is 0 Å². The summed E-state index contributed by atoms with van der Waals surface area (Å²) >= 11 is 12.0. The molecule has 0 spiro atoms. The van der Waals surface area contributed by atoms with E-state index in [-0.39, 0.29) is 5.91 Å². The van der Waals surface area contributed by atoms with Gasteiger partial charge in [-0.15, -0.1) is 0 Å². The number of nitrogens with zero attached hydrogens (tertiary/aromatic N) is 1. The standard InChI is InChI=1S/C14H17Cl2NO/c1-2-11-5-3-4-8-17(11)14(18)12-9-10(15)6-7-13(12)16/h6-7,9,11H,2-5,8H2,1H3/t11-/m1/s1. The van der Waals surface area contributed by atoms with Crippen LogP contribution in [-0.4, -0.2) is 23.4 Å². The number of piperidine rings is 1. The zero-order valence-electron chi connectivity index (χ0n) is 10.5. The molecule has 18 heavy (non-hydrogen) atoms. The zero-order valence-corrected chi connectivity index (χ0v) is 12.0. The van der Waals surface area contributed by atoms with Gasteiger partial charge < -0.3 is 4.90 Å². The summed E-state index contributed by atoms with van der Waals surface area (Å²) in [5, 5.41) is 1.03. The number of carbonyl (C=O) groups excluding carboxylic acids is 1. The molecular weight excluding hydrogens is 269 g/mol. The molecule has 1 aromatic rings. The predicted molar refractivity (Wildman–Crippen MR) is 75.4 cm³/mol. The van der Waals surface area contributed by atoms with Crippen molar-refractivity contribution in [1.29, 1.82) is 0 Å². The lowest BCUT2D eigenvalue weighted by molar-refractivity contribution is 0.0608. The van der Waals surface area contributed by atoms with E-state index in [0.717, 1.165) is 25.8 Å². The number of rotatable bonds is 2. The Balaban J connectivity index is 2.26. The van der Waals surface area contributed by atoms with Crippen LogP contribution in [0.25, 0.3) is 0 Å². The molecule has 1 saturated heterocycles. The zero-order chi connectivity index (χ0) is 13.1. The van der Waals surface area contributed by atoms with Crippen LogP contribution in [0.5, 0.6) is 0 Å². The fourth-order valence-corrected chi connectivity index (χ4v) is 2.88. The average Bonchev–Trinajstić information content (AvgIpc) is 2.40. The first kappa shape index (κ1) is 13.7. The second kappa shape index (κ2) is 5.94. The first-order valence-electron chi connectivity index (χ1n) is 6.39. The second-order valence-corrected chi connectivity index (χ2v) is 5.52. The Morgan fingerprint density at radius 2 is 2.17 bits per heavy atom.